The zero-order valence-corrected chi connectivity index (χ0v) is 17.0. The van der Waals surface area contributed by atoms with E-state index in [0.717, 1.165) is 25.0 Å². The van der Waals surface area contributed by atoms with E-state index >= 15 is 0 Å². The van der Waals surface area contributed by atoms with Crippen LogP contribution in [0.3, 0.4) is 0 Å². The molecule has 0 saturated carbocycles. The molecule has 1 aromatic rings. The summed E-state index contributed by atoms with van der Waals surface area (Å²) in [5, 5.41) is 0. The van der Waals surface area contributed by atoms with Crippen LogP contribution in [0, 0.1) is 0 Å². The van der Waals surface area contributed by atoms with Crippen molar-refractivity contribution in [1.82, 2.24) is 14.4 Å². The summed E-state index contributed by atoms with van der Waals surface area (Å²) in [6, 6.07) is 4.03. The quantitative estimate of drug-likeness (QED) is 0.572. The third kappa shape index (κ3) is 6.83. The summed E-state index contributed by atoms with van der Waals surface area (Å²) in [6.07, 6.45) is 5.14. The van der Waals surface area contributed by atoms with E-state index in [-0.39, 0.29) is 24.4 Å². The Hall–Kier alpha value is -1.82. The molecular weight excluding hydrogens is 330 g/mol. The zero-order chi connectivity index (χ0) is 19.5. The van der Waals surface area contributed by atoms with Crippen LogP contribution in [-0.4, -0.2) is 59.0 Å². The van der Waals surface area contributed by atoms with E-state index in [0.29, 0.717) is 26.1 Å². The molecule has 6 heteroatoms. The number of amides is 2. The number of hydrogen-bond acceptors (Lipinski definition) is 3. The van der Waals surface area contributed by atoms with Gasteiger partial charge in [-0.2, -0.15) is 0 Å². The molecule has 0 spiro atoms. The number of aryl methyl sites for hydroxylation is 1. The van der Waals surface area contributed by atoms with Gasteiger partial charge in [0.05, 0.1) is 13.2 Å². The van der Waals surface area contributed by atoms with Crippen molar-refractivity contribution < 1.29 is 14.3 Å². The molecule has 0 aliphatic carbocycles. The molecule has 1 heterocycles. The Bertz CT molecular complexity index is 556. The number of aromatic nitrogens is 1. The molecule has 0 fully saturated rings. The molecule has 1 aromatic heterocycles. The van der Waals surface area contributed by atoms with Gasteiger partial charge in [0.25, 0.3) is 0 Å². The van der Waals surface area contributed by atoms with Crippen molar-refractivity contribution in [2.45, 2.75) is 59.0 Å². The summed E-state index contributed by atoms with van der Waals surface area (Å²) in [5.74, 6) is 0.0357. The SMILES string of the molecule is CCCCC(=O)N(CC(=O)N(CCOC)Cc1cccn1C)C(C)CC. The second-order valence-electron chi connectivity index (χ2n) is 6.80. The molecule has 0 bridgehead atoms. The number of methoxy groups -OCH3 is 1. The van der Waals surface area contributed by atoms with E-state index in [4.69, 9.17) is 4.74 Å². The maximum atomic E-state index is 13.0. The molecule has 1 atom stereocenters. The lowest BCUT2D eigenvalue weighted by atomic mass is 10.1. The number of rotatable bonds is 12. The summed E-state index contributed by atoms with van der Waals surface area (Å²) in [4.78, 5) is 29.1. The first-order chi connectivity index (χ1) is 12.4. The summed E-state index contributed by atoms with van der Waals surface area (Å²) < 4.78 is 7.17. The summed E-state index contributed by atoms with van der Waals surface area (Å²) in [6.45, 7) is 7.75. The first-order valence-electron chi connectivity index (χ1n) is 9.60. The molecule has 0 aliphatic rings. The van der Waals surface area contributed by atoms with Gasteiger partial charge in [-0.25, -0.2) is 0 Å². The highest BCUT2D eigenvalue weighted by atomic mass is 16.5. The first-order valence-corrected chi connectivity index (χ1v) is 9.60. The van der Waals surface area contributed by atoms with E-state index in [1.165, 1.54) is 0 Å². The van der Waals surface area contributed by atoms with Crippen LogP contribution in [0.1, 0.15) is 52.1 Å². The van der Waals surface area contributed by atoms with Gasteiger partial charge in [-0.05, 0) is 31.9 Å². The maximum Gasteiger partial charge on any atom is 0.242 e. The van der Waals surface area contributed by atoms with Crippen molar-refractivity contribution in [3.05, 3.63) is 24.0 Å². The first kappa shape index (κ1) is 22.2. The van der Waals surface area contributed by atoms with Crippen LogP contribution in [0.25, 0.3) is 0 Å². The predicted molar refractivity (Wildman–Crippen MR) is 104 cm³/mol. The lowest BCUT2D eigenvalue weighted by Crippen LogP contribution is -2.47. The topological polar surface area (TPSA) is 54.8 Å². The van der Waals surface area contributed by atoms with Crippen molar-refractivity contribution in [2.24, 2.45) is 7.05 Å². The fourth-order valence-electron chi connectivity index (χ4n) is 2.78. The maximum absolute atomic E-state index is 13.0. The van der Waals surface area contributed by atoms with Gasteiger partial charge in [-0.15, -0.1) is 0 Å². The molecule has 148 valence electrons. The number of ether oxygens (including phenoxy) is 1. The van der Waals surface area contributed by atoms with Crippen LogP contribution in [0.4, 0.5) is 0 Å². The Morgan fingerprint density at radius 3 is 2.54 bits per heavy atom. The molecule has 0 saturated heterocycles. The summed E-state index contributed by atoms with van der Waals surface area (Å²) in [5.41, 5.74) is 1.06. The highest BCUT2D eigenvalue weighted by Gasteiger charge is 2.24. The van der Waals surface area contributed by atoms with E-state index < -0.39 is 0 Å². The number of unbranched alkanes of at least 4 members (excludes halogenated alkanes) is 1. The number of nitrogens with zero attached hydrogens (tertiary/aromatic N) is 3. The summed E-state index contributed by atoms with van der Waals surface area (Å²) in [7, 11) is 3.60. The van der Waals surface area contributed by atoms with Crippen molar-refractivity contribution in [1.29, 1.82) is 0 Å². The van der Waals surface area contributed by atoms with Crippen molar-refractivity contribution in [2.75, 3.05) is 26.8 Å². The largest absolute Gasteiger partial charge is 0.383 e. The molecule has 0 radical (unpaired) electrons. The Kier molecular flexibility index (Phi) is 10.0. The highest BCUT2D eigenvalue weighted by molar-refractivity contribution is 5.85. The molecule has 0 N–H and O–H groups in total. The van der Waals surface area contributed by atoms with Gasteiger partial charge >= 0.3 is 0 Å². The van der Waals surface area contributed by atoms with Crippen LogP contribution < -0.4 is 0 Å². The Labute approximate surface area is 158 Å². The van der Waals surface area contributed by atoms with Gasteiger partial charge < -0.3 is 19.1 Å². The van der Waals surface area contributed by atoms with Crippen molar-refractivity contribution >= 4 is 11.8 Å². The fourth-order valence-corrected chi connectivity index (χ4v) is 2.78. The Morgan fingerprint density at radius 1 is 1.27 bits per heavy atom. The second kappa shape index (κ2) is 11.7. The van der Waals surface area contributed by atoms with Crippen LogP contribution in [0.15, 0.2) is 18.3 Å². The van der Waals surface area contributed by atoms with Gasteiger partial charge in [0, 0.05) is 45.1 Å². The molecule has 26 heavy (non-hydrogen) atoms. The van der Waals surface area contributed by atoms with Crippen LogP contribution >= 0.6 is 0 Å². The molecule has 0 aromatic carbocycles. The lowest BCUT2D eigenvalue weighted by Gasteiger charge is -2.31. The predicted octanol–water partition coefficient (Wildman–Crippen LogP) is 2.82. The third-order valence-electron chi connectivity index (χ3n) is 4.82. The summed E-state index contributed by atoms with van der Waals surface area (Å²) >= 11 is 0. The van der Waals surface area contributed by atoms with Crippen molar-refractivity contribution in [3.63, 3.8) is 0 Å². The molecule has 6 nitrogen and oxygen atoms in total. The van der Waals surface area contributed by atoms with E-state index in [9.17, 15) is 9.59 Å². The number of carbonyl (C=O) groups is 2. The van der Waals surface area contributed by atoms with Gasteiger partial charge in [0.2, 0.25) is 11.8 Å². The highest BCUT2D eigenvalue weighted by Crippen LogP contribution is 2.11. The van der Waals surface area contributed by atoms with Gasteiger partial charge in [-0.1, -0.05) is 20.3 Å². The van der Waals surface area contributed by atoms with E-state index in [2.05, 4.69) is 6.92 Å². The molecule has 1 rings (SSSR count). The van der Waals surface area contributed by atoms with E-state index in [1.54, 1.807) is 16.9 Å². The van der Waals surface area contributed by atoms with Gasteiger partial charge in [0.15, 0.2) is 0 Å². The van der Waals surface area contributed by atoms with Crippen LogP contribution in [-0.2, 0) is 27.9 Å². The standard InChI is InChI=1S/C20H35N3O3/c1-6-8-11-19(24)23(17(3)7-2)16-20(25)22(13-14-26-5)15-18-10-9-12-21(18)4/h9-10,12,17H,6-8,11,13-16H2,1-5H3. The van der Waals surface area contributed by atoms with E-state index in [1.807, 2.05) is 43.8 Å². The normalized spacial score (nSPS) is 12.0. The fraction of sp³-hybridized carbons (Fsp3) is 0.700. The monoisotopic (exact) mass is 365 g/mol. The van der Waals surface area contributed by atoms with Gasteiger partial charge in [0.1, 0.15) is 6.54 Å². The Balaban J connectivity index is 2.85. The average Bonchev–Trinajstić information content (AvgIpc) is 3.04. The number of hydrogen-bond donors (Lipinski definition) is 0. The zero-order valence-electron chi connectivity index (χ0n) is 17.0. The minimum atomic E-state index is -0.0339. The van der Waals surface area contributed by atoms with Gasteiger partial charge in [-0.3, -0.25) is 9.59 Å². The minimum absolute atomic E-state index is 0.0339. The molecule has 2 amide bonds. The van der Waals surface area contributed by atoms with Crippen molar-refractivity contribution in [3.8, 4) is 0 Å². The Morgan fingerprint density at radius 2 is 2.00 bits per heavy atom. The molecule has 0 aliphatic heterocycles. The van der Waals surface area contributed by atoms with Crippen LogP contribution in [0.5, 0.6) is 0 Å². The average molecular weight is 366 g/mol. The second-order valence-corrected chi connectivity index (χ2v) is 6.80. The smallest absolute Gasteiger partial charge is 0.242 e. The minimum Gasteiger partial charge on any atom is -0.383 e. The van der Waals surface area contributed by atoms with Crippen LogP contribution in [0.2, 0.25) is 0 Å². The molecule has 1 unspecified atom stereocenters. The molecular formula is C20H35N3O3. The third-order valence-corrected chi connectivity index (χ3v) is 4.82. The lowest BCUT2D eigenvalue weighted by molar-refractivity contribution is -0.143. The number of carbonyl (C=O) groups excluding carboxylic acids is 2.